The van der Waals surface area contributed by atoms with Crippen LogP contribution in [-0.4, -0.2) is 20.5 Å². The molecule has 2 aromatic heterocycles. The molecule has 1 N–H and O–H groups in total. The molecule has 3 rings (SSSR count). The van der Waals surface area contributed by atoms with Crippen molar-refractivity contribution in [2.24, 2.45) is 5.92 Å². The van der Waals surface area contributed by atoms with Crippen molar-refractivity contribution in [2.75, 3.05) is 0 Å². The van der Waals surface area contributed by atoms with Crippen molar-refractivity contribution in [3.05, 3.63) is 35.3 Å². The highest BCUT2D eigenvalue weighted by molar-refractivity contribution is 5.88. The number of carboxylic acid groups (broad SMARTS) is 1. The normalized spacial score (nSPS) is 21.7. The maximum atomic E-state index is 11.8. The highest BCUT2D eigenvalue weighted by atomic mass is 16.4. The van der Waals surface area contributed by atoms with Gasteiger partial charge < -0.3 is 5.11 Å². The molecular formula is C19H26N2O2. The minimum atomic E-state index is -0.869. The zero-order chi connectivity index (χ0) is 16.4. The Morgan fingerprint density at radius 1 is 1.35 bits per heavy atom. The summed E-state index contributed by atoms with van der Waals surface area (Å²) in [4.78, 5) is 16.5. The molecular weight excluding hydrogens is 288 g/mol. The van der Waals surface area contributed by atoms with E-state index >= 15 is 0 Å². The summed E-state index contributed by atoms with van der Waals surface area (Å²) < 4.78 is 1.75. The largest absolute Gasteiger partial charge is 0.477 e. The van der Waals surface area contributed by atoms with Crippen LogP contribution in [0.25, 0.3) is 5.65 Å². The first-order chi connectivity index (χ1) is 11.1. The lowest BCUT2D eigenvalue weighted by molar-refractivity contribution is 0.0686. The number of hydrogen-bond donors (Lipinski definition) is 1. The number of pyridine rings is 1. The minimum absolute atomic E-state index is 0.290. The van der Waals surface area contributed by atoms with E-state index in [9.17, 15) is 9.90 Å². The molecule has 0 bridgehead atoms. The summed E-state index contributed by atoms with van der Waals surface area (Å²) in [5.41, 5.74) is 2.97. The number of carboxylic acids is 1. The van der Waals surface area contributed by atoms with Crippen molar-refractivity contribution in [3.8, 4) is 0 Å². The molecule has 0 aliphatic heterocycles. The molecule has 4 heteroatoms. The Labute approximate surface area is 137 Å². The second-order valence-electron chi connectivity index (χ2n) is 6.90. The number of aromatic nitrogens is 2. The number of fused-ring (bicyclic) bond motifs is 1. The van der Waals surface area contributed by atoms with Gasteiger partial charge in [0, 0.05) is 12.1 Å². The van der Waals surface area contributed by atoms with Crippen molar-refractivity contribution in [1.82, 2.24) is 9.38 Å². The summed E-state index contributed by atoms with van der Waals surface area (Å²) in [6.07, 6.45) is 10.2. The molecule has 1 fully saturated rings. The Hall–Kier alpha value is -1.84. The standard InChI is InChI=1S/C19H26N2O2/c1-3-4-7-14-8-10-15(11-9-14)16-17(19(22)23)21-12-5-6-13(2)18(21)20-16/h5-6,12,14-15H,3-4,7-11H2,1-2H3,(H,22,23). The van der Waals surface area contributed by atoms with E-state index < -0.39 is 5.97 Å². The molecule has 124 valence electrons. The SMILES string of the molecule is CCCCC1CCC(c2nc3c(C)cccn3c2C(=O)O)CC1. The number of hydrogen-bond acceptors (Lipinski definition) is 2. The number of aryl methyl sites for hydroxylation is 1. The van der Waals surface area contributed by atoms with Gasteiger partial charge in [0.25, 0.3) is 0 Å². The lowest BCUT2D eigenvalue weighted by Gasteiger charge is -2.27. The Kier molecular flexibility index (Phi) is 4.69. The van der Waals surface area contributed by atoms with E-state index in [0.717, 1.165) is 35.7 Å². The minimum Gasteiger partial charge on any atom is -0.477 e. The first-order valence-electron chi connectivity index (χ1n) is 8.82. The van der Waals surface area contributed by atoms with Crippen molar-refractivity contribution >= 4 is 11.6 Å². The Morgan fingerprint density at radius 3 is 2.74 bits per heavy atom. The summed E-state index contributed by atoms with van der Waals surface area (Å²) in [5, 5.41) is 9.68. The third kappa shape index (κ3) is 3.12. The monoisotopic (exact) mass is 314 g/mol. The fraction of sp³-hybridized carbons (Fsp3) is 0.579. The average Bonchev–Trinajstić information content (AvgIpc) is 2.94. The van der Waals surface area contributed by atoms with Gasteiger partial charge >= 0.3 is 5.97 Å². The van der Waals surface area contributed by atoms with E-state index in [1.807, 2.05) is 25.3 Å². The summed E-state index contributed by atoms with van der Waals surface area (Å²) in [6.45, 7) is 4.23. The van der Waals surface area contributed by atoms with Gasteiger partial charge in [-0.15, -0.1) is 0 Å². The Bertz CT molecular complexity index is 697. The smallest absolute Gasteiger partial charge is 0.354 e. The zero-order valence-electron chi connectivity index (χ0n) is 14.1. The molecule has 4 nitrogen and oxygen atoms in total. The first kappa shape index (κ1) is 16.0. The van der Waals surface area contributed by atoms with Gasteiger partial charge in [-0.05, 0) is 50.2 Å². The Balaban J connectivity index is 1.87. The highest BCUT2D eigenvalue weighted by Crippen LogP contribution is 2.38. The second-order valence-corrected chi connectivity index (χ2v) is 6.90. The average molecular weight is 314 g/mol. The molecule has 0 unspecified atom stereocenters. The van der Waals surface area contributed by atoms with Crippen molar-refractivity contribution in [2.45, 2.75) is 64.7 Å². The molecule has 0 saturated heterocycles. The molecule has 2 heterocycles. The van der Waals surface area contributed by atoms with Crippen LogP contribution in [0.2, 0.25) is 0 Å². The highest BCUT2D eigenvalue weighted by Gasteiger charge is 2.29. The molecule has 1 saturated carbocycles. The third-order valence-corrected chi connectivity index (χ3v) is 5.27. The molecule has 0 amide bonds. The third-order valence-electron chi connectivity index (χ3n) is 5.27. The molecule has 0 aromatic carbocycles. The molecule has 0 spiro atoms. The van der Waals surface area contributed by atoms with Crippen LogP contribution in [0.15, 0.2) is 18.3 Å². The number of unbranched alkanes of at least 4 members (excludes halogenated alkanes) is 1. The van der Waals surface area contributed by atoms with Gasteiger partial charge in [0.1, 0.15) is 5.65 Å². The zero-order valence-corrected chi connectivity index (χ0v) is 14.1. The molecule has 23 heavy (non-hydrogen) atoms. The molecule has 1 aliphatic carbocycles. The van der Waals surface area contributed by atoms with Crippen molar-refractivity contribution < 1.29 is 9.90 Å². The van der Waals surface area contributed by atoms with E-state index in [1.54, 1.807) is 4.40 Å². The summed E-state index contributed by atoms with van der Waals surface area (Å²) >= 11 is 0. The molecule has 1 aliphatic rings. The van der Waals surface area contributed by atoms with Gasteiger partial charge in [-0.2, -0.15) is 0 Å². The lowest BCUT2D eigenvalue weighted by atomic mass is 9.78. The van der Waals surface area contributed by atoms with Crippen LogP contribution in [0.1, 0.15) is 79.5 Å². The molecule has 0 radical (unpaired) electrons. The second kappa shape index (κ2) is 6.73. The first-order valence-corrected chi connectivity index (χ1v) is 8.82. The predicted octanol–water partition coefficient (Wildman–Crippen LogP) is 4.80. The van der Waals surface area contributed by atoms with Gasteiger partial charge in [0.2, 0.25) is 0 Å². The van der Waals surface area contributed by atoms with E-state index in [1.165, 1.54) is 32.1 Å². The van der Waals surface area contributed by atoms with Crippen molar-refractivity contribution in [1.29, 1.82) is 0 Å². The van der Waals surface area contributed by atoms with Crippen LogP contribution in [-0.2, 0) is 0 Å². The van der Waals surface area contributed by atoms with Crippen LogP contribution < -0.4 is 0 Å². The van der Waals surface area contributed by atoms with Gasteiger partial charge in [0.05, 0.1) is 5.69 Å². The summed E-state index contributed by atoms with van der Waals surface area (Å²) in [7, 11) is 0. The van der Waals surface area contributed by atoms with E-state index in [-0.39, 0.29) is 0 Å². The van der Waals surface area contributed by atoms with E-state index in [2.05, 4.69) is 6.92 Å². The summed E-state index contributed by atoms with van der Waals surface area (Å²) in [5.74, 6) is 0.239. The number of carbonyl (C=O) groups is 1. The van der Waals surface area contributed by atoms with E-state index in [0.29, 0.717) is 11.6 Å². The number of aromatic carboxylic acids is 1. The summed E-state index contributed by atoms with van der Waals surface area (Å²) in [6, 6.07) is 3.88. The fourth-order valence-corrected chi connectivity index (χ4v) is 3.94. The van der Waals surface area contributed by atoms with Crippen LogP contribution >= 0.6 is 0 Å². The molecule has 0 atom stereocenters. The number of imidazole rings is 1. The van der Waals surface area contributed by atoms with Gasteiger partial charge in [0.15, 0.2) is 5.69 Å². The molecule has 2 aromatic rings. The van der Waals surface area contributed by atoms with Crippen molar-refractivity contribution in [3.63, 3.8) is 0 Å². The van der Waals surface area contributed by atoms with Crippen LogP contribution in [0.3, 0.4) is 0 Å². The lowest BCUT2D eigenvalue weighted by Crippen LogP contribution is -2.16. The van der Waals surface area contributed by atoms with Gasteiger partial charge in [-0.3, -0.25) is 4.40 Å². The topological polar surface area (TPSA) is 54.6 Å². The van der Waals surface area contributed by atoms with Crippen LogP contribution in [0, 0.1) is 12.8 Å². The van der Waals surface area contributed by atoms with E-state index in [4.69, 9.17) is 4.98 Å². The van der Waals surface area contributed by atoms with Crippen LogP contribution in [0.5, 0.6) is 0 Å². The Morgan fingerprint density at radius 2 is 2.09 bits per heavy atom. The fourth-order valence-electron chi connectivity index (χ4n) is 3.94. The van der Waals surface area contributed by atoms with Gasteiger partial charge in [-0.25, -0.2) is 9.78 Å². The quantitative estimate of drug-likeness (QED) is 0.862. The number of rotatable bonds is 5. The van der Waals surface area contributed by atoms with Crippen LogP contribution in [0.4, 0.5) is 0 Å². The predicted molar refractivity (Wildman–Crippen MR) is 91.1 cm³/mol. The number of nitrogens with zero attached hydrogens (tertiary/aromatic N) is 2. The maximum Gasteiger partial charge on any atom is 0.354 e. The van der Waals surface area contributed by atoms with Gasteiger partial charge in [-0.1, -0.05) is 32.3 Å². The maximum absolute atomic E-state index is 11.8.